The lowest BCUT2D eigenvalue weighted by atomic mass is 9.83. The third-order valence-electron chi connectivity index (χ3n) is 9.01. The van der Waals surface area contributed by atoms with Gasteiger partial charge in [0.2, 0.25) is 0 Å². The number of aromatic nitrogens is 1. The van der Waals surface area contributed by atoms with E-state index in [1.807, 2.05) is 71.3 Å². The molecule has 2 bridgehead atoms. The minimum Gasteiger partial charge on any atom is -0.486 e. The van der Waals surface area contributed by atoms with Crippen LogP contribution in [0.25, 0.3) is 0 Å². The molecule has 46 heavy (non-hydrogen) atoms. The first-order chi connectivity index (χ1) is 22.4. The van der Waals surface area contributed by atoms with Gasteiger partial charge >= 0.3 is 6.03 Å². The van der Waals surface area contributed by atoms with E-state index in [1.54, 1.807) is 18.2 Å². The van der Waals surface area contributed by atoms with Crippen molar-refractivity contribution < 1.29 is 19.1 Å². The molecule has 3 aliphatic rings. The molecule has 236 valence electrons. The first kappa shape index (κ1) is 29.5. The summed E-state index contributed by atoms with van der Waals surface area (Å²) in [6.45, 7) is 4.77. The highest BCUT2D eigenvalue weighted by atomic mass is 16.6. The maximum absolute atomic E-state index is 13.4. The van der Waals surface area contributed by atoms with Crippen LogP contribution in [0.5, 0.6) is 11.5 Å². The molecule has 4 aromatic rings. The molecule has 7 rings (SSSR count). The maximum atomic E-state index is 13.4. The summed E-state index contributed by atoms with van der Waals surface area (Å²) in [6.07, 6.45) is 1.59. The number of carbonyl (C=O) groups is 2. The molecule has 0 spiro atoms. The third-order valence-corrected chi connectivity index (χ3v) is 9.01. The summed E-state index contributed by atoms with van der Waals surface area (Å²) >= 11 is 0. The summed E-state index contributed by atoms with van der Waals surface area (Å²) in [5.74, 6) is 1.53. The van der Waals surface area contributed by atoms with Crippen LogP contribution in [-0.4, -0.2) is 48.9 Å². The zero-order valence-electron chi connectivity index (χ0n) is 25.7. The zero-order chi connectivity index (χ0) is 31.6. The van der Waals surface area contributed by atoms with E-state index in [9.17, 15) is 14.4 Å². The molecule has 1 saturated heterocycles. The number of benzene rings is 3. The summed E-state index contributed by atoms with van der Waals surface area (Å²) < 4.78 is 13.7. The number of para-hydroxylation sites is 2. The Labute approximate surface area is 267 Å². The van der Waals surface area contributed by atoms with Gasteiger partial charge in [0.05, 0.1) is 17.9 Å². The molecule has 3 aliphatic heterocycles. The minimum atomic E-state index is -0.399. The number of anilines is 3. The molecule has 10 nitrogen and oxygen atoms in total. The van der Waals surface area contributed by atoms with Crippen molar-refractivity contribution in [3.63, 3.8) is 0 Å². The van der Waals surface area contributed by atoms with Crippen molar-refractivity contribution in [2.24, 2.45) is 5.92 Å². The summed E-state index contributed by atoms with van der Waals surface area (Å²) in [7, 11) is 0. The molecule has 3 amide bonds. The molecule has 3 N–H and O–H groups in total. The highest BCUT2D eigenvalue weighted by Crippen LogP contribution is 2.39. The van der Waals surface area contributed by atoms with E-state index in [-0.39, 0.29) is 36.0 Å². The Morgan fingerprint density at radius 2 is 1.72 bits per heavy atom. The predicted molar refractivity (Wildman–Crippen MR) is 177 cm³/mol. The number of ether oxygens (including phenoxy) is 2. The number of amides is 3. The lowest BCUT2D eigenvalue weighted by Crippen LogP contribution is -2.47. The second-order valence-corrected chi connectivity index (χ2v) is 12.2. The lowest BCUT2D eigenvalue weighted by Gasteiger charge is -2.44. The Morgan fingerprint density at radius 1 is 0.891 bits per heavy atom. The molecule has 0 aliphatic carbocycles. The highest BCUT2D eigenvalue weighted by molar-refractivity contribution is 6.04. The first-order valence-electron chi connectivity index (χ1n) is 15.9. The summed E-state index contributed by atoms with van der Waals surface area (Å²) in [6, 6.07) is 25.7. The SMILES string of the molecule is CCc1ccc(NC(=O)Nc2cc(C(=O)NC[C@H]3COc4ccccc4O3)ccc2N2C[C@H]3C[C@@H](C2)c2cccc(=O)n2C3)cc1. The average Bonchev–Trinajstić information content (AvgIpc) is 3.08. The fourth-order valence-electron chi connectivity index (χ4n) is 6.73. The van der Waals surface area contributed by atoms with E-state index < -0.39 is 6.03 Å². The van der Waals surface area contributed by atoms with Crippen molar-refractivity contribution in [2.45, 2.75) is 38.3 Å². The Kier molecular flexibility index (Phi) is 8.09. The number of aryl methyl sites for hydroxylation is 1. The van der Waals surface area contributed by atoms with Gasteiger partial charge in [0.1, 0.15) is 12.7 Å². The molecular weight excluding hydrogens is 582 g/mol. The minimum absolute atomic E-state index is 0.0383. The van der Waals surface area contributed by atoms with E-state index in [4.69, 9.17) is 9.47 Å². The molecule has 1 fully saturated rings. The second kappa shape index (κ2) is 12.6. The van der Waals surface area contributed by atoms with Crippen LogP contribution >= 0.6 is 0 Å². The normalized spacial score (nSPS) is 19.5. The molecule has 0 saturated carbocycles. The van der Waals surface area contributed by atoms with Gasteiger partial charge in [0.25, 0.3) is 11.5 Å². The quantitative estimate of drug-likeness (QED) is 0.261. The number of rotatable bonds is 7. The van der Waals surface area contributed by atoms with E-state index >= 15 is 0 Å². The van der Waals surface area contributed by atoms with Gasteiger partial charge in [0, 0.05) is 48.6 Å². The Morgan fingerprint density at radius 3 is 2.54 bits per heavy atom. The Hall–Kier alpha value is -5.25. The molecule has 0 radical (unpaired) electrons. The summed E-state index contributed by atoms with van der Waals surface area (Å²) in [5.41, 5.74) is 4.72. The van der Waals surface area contributed by atoms with Gasteiger partial charge in [0.15, 0.2) is 11.5 Å². The van der Waals surface area contributed by atoms with Gasteiger partial charge in [-0.2, -0.15) is 0 Å². The van der Waals surface area contributed by atoms with Crippen LogP contribution < -0.4 is 35.9 Å². The molecule has 1 aromatic heterocycles. The van der Waals surface area contributed by atoms with E-state index in [2.05, 4.69) is 27.8 Å². The van der Waals surface area contributed by atoms with Gasteiger partial charge in [-0.05, 0) is 72.9 Å². The van der Waals surface area contributed by atoms with Crippen LogP contribution in [0.15, 0.2) is 89.7 Å². The van der Waals surface area contributed by atoms with E-state index in [0.717, 1.165) is 30.8 Å². The molecule has 4 heterocycles. The van der Waals surface area contributed by atoms with Crippen LogP contribution in [0.2, 0.25) is 0 Å². The molecule has 0 unspecified atom stereocenters. The van der Waals surface area contributed by atoms with Gasteiger partial charge in [-0.25, -0.2) is 4.79 Å². The predicted octanol–water partition coefficient (Wildman–Crippen LogP) is 5.25. The van der Waals surface area contributed by atoms with E-state index in [1.165, 1.54) is 5.56 Å². The summed E-state index contributed by atoms with van der Waals surface area (Å²) in [4.78, 5) is 41.5. The number of hydrogen-bond donors (Lipinski definition) is 3. The standard InChI is InChI=1S/C36H37N5O5/c1-2-23-10-13-27(14-11-23)38-36(44)39-29-17-25(35(43)37-18-28-22-45-32-7-3-4-8-33(32)46-28)12-15-31(29)40-19-24-16-26(21-40)30-6-5-9-34(42)41(30)20-24/h3-15,17,24,26,28H,2,16,18-22H2,1H3,(H,37,43)(H2,38,39,44)/t24-,26+,28+/m1/s1. The lowest BCUT2D eigenvalue weighted by molar-refractivity contribution is 0.0789. The van der Waals surface area contributed by atoms with Crippen LogP contribution in [-0.2, 0) is 13.0 Å². The maximum Gasteiger partial charge on any atom is 0.323 e. The van der Waals surface area contributed by atoms with Gasteiger partial charge < -0.3 is 34.9 Å². The molecule has 10 heteroatoms. The summed E-state index contributed by atoms with van der Waals surface area (Å²) in [5, 5.41) is 8.90. The smallest absolute Gasteiger partial charge is 0.323 e. The van der Waals surface area contributed by atoms with Crippen molar-refractivity contribution in [1.82, 2.24) is 9.88 Å². The van der Waals surface area contributed by atoms with Crippen molar-refractivity contribution in [3.05, 3.63) is 112 Å². The molecule has 3 aromatic carbocycles. The van der Waals surface area contributed by atoms with Gasteiger partial charge in [-0.15, -0.1) is 0 Å². The fraction of sp³-hybridized carbons (Fsp3) is 0.306. The topological polar surface area (TPSA) is 114 Å². The van der Waals surface area contributed by atoms with Crippen molar-refractivity contribution in [2.75, 3.05) is 41.8 Å². The fourth-order valence-corrected chi connectivity index (χ4v) is 6.73. The average molecular weight is 620 g/mol. The van der Waals surface area contributed by atoms with Gasteiger partial charge in [-0.3, -0.25) is 9.59 Å². The number of piperidine rings is 1. The second-order valence-electron chi connectivity index (χ2n) is 12.2. The van der Waals surface area contributed by atoms with Crippen molar-refractivity contribution >= 4 is 29.0 Å². The number of hydrogen-bond acceptors (Lipinski definition) is 6. The van der Waals surface area contributed by atoms with Crippen LogP contribution in [0, 0.1) is 5.92 Å². The Balaban J connectivity index is 1.11. The number of fused-ring (bicyclic) bond motifs is 5. The van der Waals surface area contributed by atoms with Crippen LogP contribution in [0.3, 0.4) is 0 Å². The number of nitrogens with zero attached hydrogens (tertiary/aromatic N) is 2. The first-order valence-corrected chi connectivity index (χ1v) is 15.9. The number of carbonyl (C=O) groups excluding carboxylic acids is 2. The number of pyridine rings is 1. The van der Waals surface area contributed by atoms with Crippen molar-refractivity contribution in [1.29, 1.82) is 0 Å². The zero-order valence-corrected chi connectivity index (χ0v) is 25.7. The van der Waals surface area contributed by atoms with Crippen molar-refractivity contribution in [3.8, 4) is 11.5 Å². The van der Waals surface area contributed by atoms with Gasteiger partial charge in [-0.1, -0.05) is 37.3 Å². The molecule has 3 atom stereocenters. The monoisotopic (exact) mass is 619 g/mol. The number of nitrogens with one attached hydrogen (secondary N) is 3. The van der Waals surface area contributed by atoms with Crippen LogP contribution in [0.4, 0.5) is 21.9 Å². The largest absolute Gasteiger partial charge is 0.486 e. The van der Waals surface area contributed by atoms with Crippen LogP contribution in [0.1, 0.15) is 40.9 Å². The molecular formula is C36H37N5O5. The highest BCUT2D eigenvalue weighted by Gasteiger charge is 2.35. The van der Waals surface area contributed by atoms with E-state index in [0.29, 0.717) is 48.1 Å². The number of urea groups is 1. The Bertz CT molecular complexity index is 1820. The third kappa shape index (κ3) is 6.15.